The molecule has 29 heavy (non-hydrogen) atoms. The fraction of sp³-hybridized carbons (Fsp3) is 0.375. The summed E-state index contributed by atoms with van der Waals surface area (Å²) in [6, 6.07) is 16.2. The second kappa shape index (κ2) is 7.70. The number of hydrogen-bond acceptors (Lipinski definition) is 3. The third-order valence-electron chi connectivity index (χ3n) is 6.79. The van der Waals surface area contributed by atoms with Gasteiger partial charge in [-0.25, -0.2) is 4.98 Å². The highest BCUT2D eigenvalue weighted by molar-refractivity contribution is 7.15. The monoisotopic (exact) mass is 442 g/mol. The zero-order valence-electron chi connectivity index (χ0n) is 16.6. The van der Waals surface area contributed by atoms with Crippen molar-refractivity contribution in [2.45, 2.75) is 50.1 Å². The number of aryl methyl sites for hydroxylation is 1. The molecule has 5 rings (SSSR count). The molecule has 0 amide bonds. The van der Waals surface area contributed by atoms with Gasteiger partial charge in [-0.15, -0.1) is 11.3 Å². The Morgan fingerprint density at radius 1 is 1.03 bits per heavy atom. The summed E-state index contributed by atoms with van der Waals surface area (Å²) in [6.07, 6.45) is 5.77. The quantitative estimate of drug-likeness (QED) is 0.427. The molecule has 0 saturated carbocycles. The van der Waals surface area contributed by atoms with Crippen molar-refractivity contribution in [2.75, 3.05) is 7.05 Å². The van der Waals surface area contributed by atoms with Crippen LogP contribution in [0.4, 0.5) is 0 Å². The molecule has 4 atom stereocenters. The summed E-state index contributed by atoms with van der Waals surface area (Å²) < 4.78 is 0. The van der Waals surface area contributed by atoms with Crippen molar-refractivity contribution in [3.63, 3.8) is 0 Å². The second-order valence-electron chi connectivity index (χ2n) is 8.43. The fourth-order valence-electron chi connectivity index (χ4n) is 5.18. The van der Waals surface area contributed by atoms with E-state index in [0.29, 0.717) is 34.0 Å². The number of piperidine rings is 1. The van der Waals surface area contributed by atoms with Crippen molar-refractivity contribution in [1.29, 1.82) is 0 Å². The van der Waals surface area contributed by atoms with Crippen molar-refractivity contribution < 1.29 is 0 Å². The van der Waals surface area contributed by atoms with Gasteiger partial charge < -0.3 is 0 Å². The number of aromatic nitrogens is 1. The van der Waals surface area contributed by atoms with Crippen LogP contribution in [-0.2, 0) is 0 Å². The van der Waals surface area contributed by atoms with Crippen molar-refractivity contribution in [1.82, 2.24) is 9.88 Å². The number of halogens is 2. The summed E-state index contributed by atoms with van der Waals surface area (Å²) in [5.41, 5.74) is 3.86. The smallest absolute Gasteiger partial charge is 0.0983 e. The van der Waals surface area contributed by atoms with E-state index in [2.05, 4.69) is 43.1 Å². The van der Waals surface area contributed by atoms with E-state index < -0.39 is 0 Å². The van der Waals surface area contributed by atoms with Crippen LogP contribution < -0.4 is 0 Å². The van der Waals surface area contributed by atoms with Crippen LogP contribution in [0.15, 0.2) is 48.7 Å². The normalized spacial score (nSPS) is 26.8. The van der Waals surface area contributed by atoms with Gasteiger partial charge in [-0.3, -0.25) is 4.90 Å². The van der Waals surface area contributed by atoms with E-state index in [-0.39, 0.29) is 0 Å². The van der Waals surface area contributed by atoms with Crippen LogP contribution in [0.1, 0.15) is 47.2 Å². The standard InChI is InChI=1S/C24H24Cl2N2S/c1-14-3-5-15(6-4-14)18-12-17-8-10-21(28(17)2)23(18)24-27-13-22(29-24)16-7-9-19(25)20(26)11-16/h3-7,9,11,13,17-18,21,23H,8,10,12H2,1-2H3/t17-,18+,21+,23-/m0/s1. The largest absolute Gasteiger partial charge is 0.300 e. The number of hydrogen-bond donors (Lipinski definition) is 0. The van der Waals surface area contributed by atoms with Crippen LogP contribution in [0.5, 0.6) is 0 Å². The van der Waals surface area contributed by atoms with Gasteiger partial charge in [0, 0.05) is 24.2 Å². The Morgan fingerprint density at radius 3 is 2.59 bits per heavy atom. The number of nitrogens with zero attached hydrogens (tertiary/aromatic N) is 2. The highest BCUT2D eigenvalue weighted by atomic mass is 35.5. The minimum Gasteiger partial charge on any atom is -0.300 e. The van der Waals surface area contributed by atoms with Crippen LogP contribution in [0.2, 0.25) is 10.0 Å². The molecule has 2 aromatic carbocycles. The van der Waals surface area contributed by atoms with Crippen molar-refractivity contribution in [3.05, 3.63) is 74.8 Å². The van der Waals surface area contributed by atoms with Gasteiger partial charge in [0.2, 0.25) is 0 Å². The van der Waals surface area contributed by atoms with E-state index in [1.807, 2.05) is 35.7 Å². The fourth-order valence-corrected chi connectivity index (χ4v) is 6.62. The Hall–Kier alpha value is -1.39. The lowest BCUT2D eigenvalue weighted by atomic mass is 9.76. The Kier molecular flexibility index (Phi) is 5.19. The van der Waals surface area contributed by atoms with E-state index in [1.165, 1.54) is 35.4 Å². The number of likely N-dealkylation sites (N-methyl/N-ethyl adjacent to an activating group) is 1. The van der Waals surface area contributed by atoms with E-state index in [1.54, 1.807) is 0 Å². The van der Waals surface area contributed by atoms with Crippen LogP contribution in [-0.4, -0.2) is 29.0 Å². The van der Waals surface area contributed by atoms with Gasteiger partial charge in [0.05, 0.1) is 19.9 Å². The molecule has 2 bridgehead atoms. The molecule has 0 unspecified atom stereocenters. The molecule has 2 aliphatic heterocycles. The molecule has 3 heterocycles. The molecule has 0 spiro atoms. The lowest BCUT2D eigenvalue weighted by Crippen LogP contribution is -2.44. The van der Waals surface area contributed by atoms with E-state index >= 15 is 0 Å². The number of rotatable bonds is 3. The lowest BCUT2D eigenvalue weighted by Gasteiger charge is -2.42. The van der Waals surface area contributed by atoms with Crippen LogP contribution >= 0.6 is 34.5 Å². The molecule has 0 aliphatic carbocycles. The van der Waals surface area contributed by atoms with Crippen molar-refractivity contribution >= 4 is 34.5 Å². The molecule has 5 heteroatoms. The molecule has 0 radical (unpaired) electrons. The van der Waals surface area contributed by atoms with Gasteiger partial charge in [-0.05, 0) is 62.4 Å². The summed E-state index contributed by atoms with van der Waals surface area (Å²) >= 11 is 14.2. The van der Waals surface area contributed by atoms with Crippen LogP contribution in [0.25, 0.3) is 10.4 Å². The molecule has 2 aliphatic rings. The van der Waals surface area contributed by atoms with E-state index in [9.17, 15) is 0 Å². The van der Waals surface area contributed by atoms with Crippen molar-refractivity contribution in [2.24, 2.45) is 0 Å². The summed E-state index contributed by atoms with van der Waals surface area (Å²) in [5.74, 6) is 0.958. The first-order valence-corrected chi connectivity index (χ1v) is 11.8. The first-order valence-electron chi connectivity index (χ1n) is 10.2. The third-order valence-corrected chi connectivity index (χ3v) is 8.67. The summed E-state index contributed by atoms with van der Waals surface area (Å²) in [6.45, 7) is 2.16. The summed E-state index contributed by atoms with van der Waals surface area (Å²) in [5, 5.41) is 2.42. The maximum atomic E-state index is 6.25. The van der Waals surface area contributed by atoms with Gasteiger partial charge in [-0.1, -0.05) is 59.1 Å². The topological polar surface area (TPSA) is 16.1 Å². The summed E-state index contributed by atoms with van der Waals surface area (Å²) in [7, 11) is 2.30. The molecular formula is C24H24Cl2N2S. The molecule has 150 valence electrons. The van der Waals surface area contributed by atoms with Crippen LogP contribution in [0.3, 0.4) is 0 Å². The maximum Gasteiger partial charge on any atom is 0.0983 e. The van der Waals surface area contributed by atoms with Gasteiger partial charge >= 0.3 is 0 Å². The number of fused-ring (bicyclic) bond motifs is 2. The van der Waals surface area contributed by atoms with Gasteiger partial charge in [0.25, 0.3) is 0 Å². The minimum absolute atomic E-state index is 0.433. The van der Waals surface area contributed by atoms with Crippen LogP contribution in [0, 0.1) is 6.92 Å². The second-order valence-corrected chi connectivity index (χ2v) is 10.3. The molecule has 3 aromatic rings. The average molecular weight is 443 g/mol. The number of thiazole rings is 1. The molecular weight excluding hydrogens is 419 g/mol. The van der Waals surface area contributed by atoms with Gasteiger partial charge in [-0.2, -0.15) is 0 Å². The predicted molar refractivity (Wildman–Crippen MR) is 123 cm³/mol. The van der Waals surface area contributed by atoms with Gasteiger partial charge in [0.15, 0.2) is 0 Å². The molecule has 2 fully saturated rings. The Balaban J connectivity index is 1.53. The molecule has 2 nitrogen and oxygen atoms in total. The number of benzene rings is 2. The first-order chi connectivity index (χ1) is 14.0. The third kappa shape index (κ3) is 3.53. The van der Waals surface area contributed by atoms with E-state index in [0.717, 1.165) is 10.4 Å². The predicted octanol–water partition coefficient (Wildman–Crippen LogP) is 7.16. The lowest BCUT2D eigenvalue weighted by molar-refractivity contribution is 0.137. The first kappa shape index (κ1) is 19.6. The zero-order chi connectivity index (χ0) is 20.1. The molecule has 0 N–H and O–H groups in total. The zero-order valence-corrected chi connectivity index (χ0v) is 18.9. The Bertz CT molecular complexity index is 1030. The summed E-state index contributed by atoms with van der Waals surface area (Å²) in [4.78, 5) is 8.69. The van der Waals surface area contributed by atoms with E-state index in [4.69, 9.17) is 28.2 Å². The Morgan fingerprint density at radius 2 is 1.83 bits per heavy atom. The highest BCUT2D eigenvalue weighted by Crippen LogP contribution is 2.52. The van der Waals surface area contributed by atoms with Crippen molar-refractivity contribution in [3.8, 4) is 10.4 Å². The minimum atomic E-state index is 0.433. The van der Waals surface area contributed by atoms with Gasteiger partial charge in [0.1, 0.15) is 0 Å². The average Bonchev–Trinajstić information content (AvgIpc) is 3.27. The SMILES string of the molecule is Cc1ccc([C@H]2C[C@@H]3CC[C@H]([C@H]2c2ncc(-c4ccc(Cl)c(Cl)c4)s2)N3C)cc1. The highest BCUT2D eigenvalue weighted by Gasteiger charge is 2.47. The molecule has 2 saturated heterocycles. The molecule has 1 aromatic heterocycles. The Labute approximate surface area is 186 Å². The maximum absolute atomic E-state index is 6.25.